The van der Waals surface area contributed by atoms with Crippen molar-refractivity contribution in [3.8, 4) is 28.7 Å². The summed E-state index contributed by atoms with van der Waals surface area (Å²) in [6.45, 7) is 5.09. The molecule has 2 aliphatic rings. The molecule has 2 aliphatic carbocycles. The summed E-state index contributed by atoms with van der Waals surface area (Å²) in [7, 11) is 3.21. The van der Waals surface area contributed by atoms with Crippen molar-refractivity contribution in [3.63, 3.8) is 0 Å². The zero-order valence-corrected chi connectivity index (χ0v) is 26.3. The number of carboxylic acid groups (broad SMARTS) is 1. The monoisotopic (exact) mass is 588 g/mol. The standard InChI is InChI=1S/C22H32O3.C15H16O3/c1-2-6-18-7-4-3-5-8-21(18)19-11-17(13-22(23)24)12-20(14-19)25-15-16-9-10-16;1-11-4-6-12(7-5-11)18-13-8-9-14(16-2)15(10-13)17-3/h11-12,14,16,18,21H,2-10,13,15H2,1H3,(H,23,24);4-10H,1-3H3. The van der Waals surface area contributed by atoms with Gasteiger partial charge in [0.15, 0.2) is 11.5 Å². The summed E-state index contributed by atoms with van der Waals surface area (Å²) in [5, 5.41) is 9.23. The zero-order chi connectivity index (χ0) is 30.6. The van der Waals surface area contributed by atoms with Gasteiger partial charge in [-0.1, -0.05) is 62.8 Å². The number of ether oxygens (including phenoxy) is 4. The fourth-order valence-electron chi connectivity index (χ4n) is 5.92. The van der Waals surface area contributed by atoms with Crippen molar-refractivity contribution in [1.29, 1.82) is 0 Å². The highest BCUT2D eigenvalue weighted by Gasteiger charge is 2.26. The predicted molar refractivity (Wildman–Crippen MR) is 171 cm³/mol. The average molecular weight is 589 g/mol. The molecule has 3 aromatic carbocycles. The van der Waals surface area contributed by atoms with Crippen LogP contribution in [0, 0.1) is 18.8 Å². The number of aryl methyl sites for hydroxylation is 1. The summed E-state index contributed by atoms with van der Waals surface area (Å²) in [6, 6.07) is 19.6. The van der Waals surface area contributed by atoms with Gasteiger partial charge in [0.2, 0.25) is 0 Å². The van der Waals surface area contributed by atoms with Crippen molar-refractivity contribution in [2.75, 3.05) is 20.8 Å². The summed E-state index contributed by atoms with van der Waals surface area (Å²) in [6.07, 6.45) is 11.6. The quantitative estimate of drug-likeness (QED) is 0.213. The molecular formula is C37H48O6. The van der Waals surface area contributed by atoms with Crippen LogP contribution in [-0.4, -0.2) is 31.9 Å². The van der Waals surface area contributed by atoms with Gasteiger partial charge < -0.3 is 24.1 Å². The molecule has 6 nitrogen and oxygen atoms in total. The second kappa shape index (κ2) is 16.3. The number of benzene rings is 3. The van der Waals surface area contributed by atoms with Gasteiger partial charge in [0.05, 0.1) is 27.2 Å². The number of hydrogen-bond donors (Lipinski definition) is 1. The first-order valence-corrected chi connectivity index (χ1v) is 15.8. The smallest absolute Gasteiger partial charge is 0.307 e. The normalized spacial score (nSPS) is 18.0. The Balaban J connectivity index is 0.000000208. The van der Waals surface area contributed by atoms with Gasteiger partial charge >= 0.3 is 5.97 Å². The Labute approximate surface area is 257 Å². The third kappa shape index (κ3) is 10.2. The molecule has 2 atom stereocenters. The number of methoxy groups -OCH3 is 2. The van der Waals surface area contributed by atoms with Gasteiger partial charge in [-0.05, 0) is 97.9 Å². The van der Waals surface area contributed by atoms with Gasteiger partial charge in [0.25, 0.3) is 0 Å². The molecule has 232 valence electrons. The summed E-state index contributed by atoms with van der Waals surface area (Å²) in [5.41, 5.74) is 3.40. The molecule has 0 amide bonds. The SMILES string of the molecule is CCCC1CCCCCC1c1cc(CC(=O)O)cc(OCC2CC2)c1.COc1ccc(Oc2ccc(C)cc2)cc1OC. The topological polar surface area (TPSA) is 74.2 Å². The largest absolute Gasteiger partial charge is 0.493 e. The van der Waals surface area contributed by atoms with Gasteiger partial charge in [-0.2, -0.15) is 0 Å². The maximum atomic E-state index is 11.2. The first-order valence-electron chi connectivity index (χ1n) is 15.8. The lowest BCUT2D eigenvalue weighted by molar-refractivity contribution is -0.136. The van der Waals surface area contributed by atoms with Gasteiger partial charge in [-0.3, -0.25) is 4.79 Å². The molecule has 6 heteroatoms. The van der Waals surface area contributed by atoms with Gasteiger partial charge in [-0.15, -0.1) is 0 Å². The Morgan fingerprint density at radius 1 is 0.814 bits per heavy atom. The van der Waals surface area contributed by atoms with E-state index in [1.54, 1.807) is 20.3 Å². The molecule has 1 N–H and O–H groups in total. The fourth-order valence-corrected chi connectivity index (χ4v) is 5.92. The molecule has 0 spiro atoms. The molecule has 3 aromatic rings. The Hall–Kier alpha value is -3.67. The van der Waals surface area contributed by atoms with Crippen molar-refractivity contribution in [2.45, 2.75) is 84.0 Å². The lowest BCUT2D eigenvalue weighted by Gasteiger charge is -2.26. The van der Waals surface area contributed by atoms with Crippen LogP contribution in [0.1, 0.15) is 87.3 Å². The molecule has 0 saturated heterocycles. The Morgan fingerprint density at radius 3 is 2.21 bits per heavy atom. The van der Waals surface area contributed by atoms with Crippen molar-refractivity contribution >= 4 is 5.97 Å². The summed E-state index contributed by atoms with van der Waals surface area (Å²) < 4.78 is 22.2. The van der Waals surface area contributed by atoms with Crippen molar-refractivity contribution in [2.24, 2.45) is 11.8 Å². The highest BCUT2D eigenvalue weighted by Crippen LogP contribution is 2.41. The van der Waals surface area contributed by atoms with Gasteiger partial charge in [0.1, 0.15) is 17.2 Å². The van der Waals surface area contributed by atoms with Crippen LogP contribution in [0.2, 0.25) is 0 Å². The van der Waals surface area contributed by atoms with Crippen molar-refractivity contribution in [3.05, 3.63) is 77.4 Å². The molecular weight excluding hydrogens is 540 g/mol. The van der Waals surface area contributed by atoms with E-state index in [1.165, 1.54) is 68.9 Å². The van der Waals surface area contributed by atoms with Crippen LogP contribution in [-0.2, 0) is 11.2 Å². The van der Waals surface area contributed by atoms with Gasteiger partial charge in [0, 0.05) is 6.07 Å². The molecule has 43 heavy (non-hydrogen) atoms. The number of rotatable bonds is 12. The molecule has 2 fully saturated rings. The van der Waals surface area contributed by atoms with E-state index in [0.717, 1.165) is 35.3 Å². The van der Waals surface area contributed by atoms with Crippen molar-refractivity contribution < 1.29 is 28.8 Å². The maximum Gasteiger partial charge on any atom is 0.307 e. The van der Waals surface area contributed by atoms with E-state index in [0.29, 0.717) is 23.3 Å². The van der Waals surface area contributed by atoms with E-state index >= 15 is 0 Å². The summed E-state index contributed by atoms with van der Waals surface area (Å²) in [4.78, 5) is 11.2. The van der Waals surface area contributed by atoms with Crippen LogP contribution in [0.5, 0.6) is 28.7 Å². The second-order valence-electron chi connectivity index (χ2n) is 12.0. The number of aliphatic carboxylic acids is 1. The number of hydrogen-bond acceptors (Lipinski definition) is 5. The molecule has 0 heterocycles. The van der Waals surface area contributed by atoms with Crippen LogP contribution in [0.4, 0.5) is 0 Å². The van der Waals surface area contributed by atoms with E-state index in [1.807, 2.05) is 49.4 Å². The van der Waals surface area contributed by atoms with Crippen LogP contribution >= 0.6 is 0 Å². The molecule has 0 aromatic heterocycles. The minimum atomic E-state index is -0.767. The Kier molecular flexibility index (Phi) is 12.2. The fraction of sp³-hybridized carbons (Fsp3) is 0.486. The molecule has 0 aliphatic heterocycles. The molecule has 0 bridgehead atoms. The maximum absolute atomic E-state index is 11.2. The van der Waals surface area contributed by atoms with E-state index in [2.05, 4.69) is 19.1 Å². The first kappa shape index (κ1) is 32.2. The van der Waals surface area contributed by atoms with Crippen LogP contribution < -0.4 is 18.9 Å². The highest BCUT2D eigenvalue weighted by molar-refractivity contribution is 5.70. The van der Waals surface area contributed by atoms with E-state index in [4.69, 9.17) is 18.9 Å². The Morgan fingerprint density at radius 2 is 1.53 bits per heavy atom. The third-order valence-electron chi connectivity index (χ3n) is 8.39. The van der Waals surface area contributed by atoms with E-state index < -0.39 is 5.97 Å². The molecule has 2 unspecified atom stereocenters. The van der Waals surface area contributed by atoms with Crippen LogP contribution in [0.15, 0.2) is 60.7 Å². The van der Waals surface area contributed by atoms with E-state index in [9.17, 15) is 9.90 Å². The number of carbonyl (C=O) groups is 1. The van der Waals surface area contributed by atoms with Crippen LogP contribution in [0.25, 0.3) is 0 Å². The van der Waals surface area contributed by atoms with E-state index in [-0.39, 0.29) is 6.42 Å². The lowest BCUT2D eigenvalue weighted by Crippen LogP contribution is -2.13. The minimum Gasteiger partial charge on any atom is -0.493 e. The summed E-state index contributed by atoms with van der Waals surface area (Å²) in [5.74, 6) is 4.96. The average Bonchev–Trinajstić information content (AvgIpc) is 3.85. The zero-order valence-electron chi connectivity index (χ0n) is 26.3. The van der Waals surface area contributed by atoms with Crippen LogP contribution in [0.3, 0.4) is 0 Å². The lowest BCUT2D eigenvalue weighted by atomic mass is 9.79. The minimum absolute atomic E-state index is 0.0821. The van der Waals surface area contributed by atoms with Crippen molar-refractivity contribution in [1.82, 2.24) is 0 Å². The third-order valence-corrected chi connectivity index (χ3v) is 8.39. The highest BCUT2D eigenvalue weighted by atomic mass is 16.5. The molecule has 0 radical (unpaired) electrons. The van der Waals surface area contributed by atoms with Gasteiger partial charge in [-0.25, -0.2) is 0 Å². The molecule has 2 saturated carbocycles. The molecule has 5 rings (SSSR count). The predicted octanol–water partition coefficient (Wildman–Crippen LogP) is 9.37. The Bertz CT molecular complexity index is 1300. The number of carboxylic acids is 1. The summed E-state index contributed by atoms with van der Waals surface area (Å²) >= 11 is 0. The second-order valence-corrected chi connectivity index (χ2v) is 12.0. The first-order chi connectivity index (χ1) is 20.9.